The molecule has 0 radical (unpaired) electrons. The molecule has 0 bridgehead atoms. The molecule has 1 aliphatic carbocycles. The lowest BCUT2D eigenvalue weighted by Crippen LogP contribution is -2.49. The van der Waals surface area contributed by atoms with E-state index in [1.807, 2.05) is 34.6 Å². The Balaban J connectivity index is 3.43. The predicted molar refractivity (Wildman–Crippen MR) is 102 cm³/mol. The van der Waals surface area contributed by atoms with Crippen LogP contribution in [0.15, 0.2) is 34.6 Å². The van der Waals surface area contributed by atoms with E-state index in [2.05, 4.69) is 0 Å². The Kier molecular flexibility index (Phi) is 7.54. The fraction of sp³-hybridized carbons (Fsp3) is 0.619. The monoisotopic (exact) mass is 364 g/mol. The maximum atomic E-state index is 12.9. The lowest BCUT2D eigenvalue weighted by Gasteiger charge is -2.33. The van der Waals surface area contributed by atoms with Crippen LogP contribution in [-0.4, -0.2) is 38.6 Å². The van der Waals surface area contributed by atoms with Crippen molar-refractivity contribution in [1.82, 2.24) is 0 Å². The molecule has 0 heterocycles. The molecule has 0 saturated heterocycles. The van der Waals surface area contributed by atoms with Crippen LogP contribution in [0.25, 0.3) is 0 Å². The minimum absolute atomic E-state index is 0.0757. The van der Waals surface area contributed by atoms with Gasteiger partial charge in [0.1, 0.15) is 11.3 Å². The van der Waals surface area contributed by atoms with Crippen LogP contribution in [0.2, 0.25) is 0 Å². The Labute approximate surface area is 156 Å². The smallest absolute Gasteiger partial charge is 0.176 e. The highest BCUT2D eigenvalue weighted by Gasteiger charge is 2.58. The number of hydrogen-bond donors (Lipinski definition) is 3. The number of aliphatic hydroxyl groups excluding tert-OH is 2. The highest BCUT2D eigenvalue weighted by Crippen LogP contribution is 2.43. The number of aliphatic hydroxyl groups is 3. The Hall–Kier alpha value is -1.72. The molecule has 0 spiro atoms. The Morgan fingerprint density at radius 1 is 1.19 bits per heavy atom. The maximum absolute atomic E-state index is 12.9. The lowest BCUT2D eigenvalue weighted by molar-refractivity contribution is -0.134. The van der Waals surface area contributed by atoms with Crippen LogP contribution in [0.1, 0.15) is 60.8 Å². The topological polar surface area (TPSA) is 94.8 Å². The average Bonchev–Trinajstić information content (AvgIpc) is 2.76. The summed E-state index contributed by atoms with van der Waals surface area (Å²) in [4.78, 5) is 25.5. The molecular weight excluding hydrogens is 332 g/mol. The largest absolute Gasteiger partial charge is 0.508 e. The van der Waals surface area contributed by atoms with Crippen LogP contribution < -0.4 is 0 Å². The summed E-state index contributed by atoms with van der Waals surface area (Å²) in [6.07, 6.45) is 2.84. The summed E-state index contributed by atoms with van der Waals surface area (Å²) in [6.45, 7) is 10.9. The first-order valence-corrected chi connectivity index (χ1v) is 9.17. The van der Waals surface area contributed by atoms with E-state index in [-0.39, 0.29) is 18.4 Å². The zero-order valence-electron chi connectivity index (χ0n) is 16.7. The van der Waals surface area contributed by atoms with E-state index >= 15 is 0 Å². The van der Waals surface area contributed by atoms with Crippen molar-refractivity contribution in [3.05, 3.63) is 34.6 Å². The molecule has 1 rings (SSSR count). The van der Waals surface area contributed by atoms with E-state index in [9.17, 15) is 24.9 Å². The van der Waals surface area contributed by atoms with Gasteiger partial charge in [0, 0.05) is 5.92 Å². The van der Waals surface area contributed by atoms with Crippen molar-refractivity contribution >= 4 is 11.6 Å². The van der Waals surface area contributed by atoms with Crippen LogP contribution in [0.3, 0.4) is 0 Å². The van der Waals surface area contributed by atoms with Crippen LogP contribution in [0, 0.1) is 11.8 Å². The highest BCUT2D eigenvalue weighted by molar-refractivity contribution is 6.24. The quantitative estimate of drug-likeness (QED) is 0.453. The average molecular weight is 364 g/mol. The molecule has 0 fully saturated rings. The van der Waals surface area contributed by atoms with E-state index in [1.165, 1.54) is 0 Å². The highest BCUT2D eigenvalue weighted by atomic mass is 16.4. The van der Waals surface area contributed by atoms with Gasteiger partial charge in [-0.25, -0.2) is 0 Å². The van der Waals surface area contributed by atoms with Gasteiger partial charge < -0.3 is 15.3 Å². The molecule has 3 N–H and O–H groups in total. The van der Waals surface area contributed by atoms with Crippen molar-refractivity contribution in [1.29, 1.82) is 0 Å². The number of hydrogen-bond acceptors (Lipinski definition) is 5. The van der Waals surface area contributed by atoms with Crippen LogP contribution in [0.5, 0.6) is 0 Å². The fourth-order valence-corrected chi connectivity index (χ4v) is 3.08. The van der Waals surface area contributed by atoms with E-state index in [4.69, 9.17) is 0 Å². The summed E-state index contributed by atoms with van der Waals surface area (Å²) in [5.41, 5.74) is -0.629. The first-order chi connectivity index (χ1) is 12.0. The van der Waals surface area contributed by atoms with Gasteiger partial charge in [-0.3, -0.25) is 9.59 Å². The van der Waals surface area contributed by atoms with Crippen LogP contribution >= 0.6 is 0 Å². The van der Waals surface area contributed by atoms with Gasteiger partial charge in [-0.05, 0) is 47.0 Å². The summed E-state index contributed by atoms with van der Waals surface area (Å²) in [7, 11) is 0. The fourth-order valence-electron chi connectivity index (χ4n) is 3.08. The van der Waals surface area contributed by atoms with Gasteiger partial charge in [0.25, 0.3) is 0 Å². The van der Waals surface area contributed by atoms with E-state index < -0.39 is 40.9 Å². The molecule has 4 atom stereocenters. The first kappa shape index (κ1) is 22.3. The van der Waals surface area contributed by atoms with Gasteiger partial charge in [0.2, 0.25) is 0 Å². The normalized spacial score (nSPS) is 25.1. The second kappa shape index (κ2) is 8.78. The third-order valence-corrected chi connectivity index (χ3v) is 5.04. The standard InChI is InChI=1S/C21H32O5/c1-7-14(6)18(23)17-19(24)15(10-8-12(2)3)21(26,20(17)25)16(22)11-9-13(4)5/h8-9,14-16,22,25-26H,7,10-11H2,1-6H3/t14?,15-,16+,21+/m0/s1. The van der Waals surface area contributed by atoms with E-state index in [0.29, 0.717) is 6.42 Å². The van der Waals surface area contributed by atoms with Gasteiger partial charge in [-0.15, -0.1) is 0 Å². The van der Waals surface area contributed by atoms with Crippen molar-refractivity contribution in [3.63, 3.8) is 0 Å². The molecule has 146 valence electrons. The number of ketones is 2. The number of rotatable bonds is 8. The summed E-state index contributed by atoms with van der Waals surface area (Å²) >= 11 is 0. The number of allylic oxidation sites excluding steroid dienone is 4. The summed E-state index contributed by atoms with van der Waals surface area (Å²) in [5.74, 6) is -3.29. The zero-order valence-corrected chi connectivity index (χ0v) is 16.7. The molecule has 0 aromatic carbocycles. The third kappa shape index (κ3) is 4.33. The number of carbonyl (C=O) groups excluding carboxylic acids is 2. The second-order valence-electron chi connectivity index (χ2n) is 7.69. The molecule has 0 aliphatic heterocycles. The van der Waals surface area contributed by atoms with Crippen molar-refractivity contribution in [3.8, 4) is 0 Å². The second-order valence-corrected chi connectivity index (χ2v) is 7.69. The first-order valence-electron chi connectivity index (χ1n) is 9.17. The Morgan fingerprint density at radius 2 is 1.73 bits per heavy atom. The van der Waals surface area contributed by atoms with Gasteiger partial charge >= 0.3 is 0 Å². The van der Waals surface area contributed by atoms with Gasteiger partial charge in [0.15, 0.2) is 17.2 Å². The zero-order chi connectivity index (χ0) is 20.2. The van der Waals surface area contributed by atoms with E-state index in [1.54, 1.807) is 19.1 Å². The van der Waals surface area contributed by atoms with Crippen molar-refractivity contribution < 1.29 is 24.9 Å². The molecule has 26 heavy (non-hydrogen) atoms. The number of carbonyl (C=O) groups is 2. The molecule has 5 nitrogen and oxygen atoms in total. The molecule has 1 unspecified atom stereocenters. The van der Waals surface area contributed by atoms with Gasteiger partial charge in [0.05, 0.1) is 12.0 Å². The predicted octanol–water partition coefficient (Wildman–Crippen LogP) is 3.42. The summed E-state index contributed by atoms with van der Waals surface area (Å²) < 4.78 is 0. The molecular formula is C21H32O5. The molecule has 0 aromatic heterocycles. The third-order valence-electron chi connectivity index (χ3n) is 5.04. The van der Waals surface area contributed by atoms with Crippen molar-refractivity contribution in [2.45, 2.75) is 72.5 Å². The molecule has 0 aromatic rings. The molecule has 5 heteroatoms. The molecule has 1 aliphatic rings. The SMILES string of the molecule is CCC(C)C(=O)C1=C(O)[C@](O)([C@H](O)CC=C(C)C)[C@@H](CC=C(C)C)C1=O. The summed E-state index contributed by atoms with van der Waals surface area (Å²) in [6, 6.07) is 0. The van der Waals surface area contributed by atoms with Crippen LogP contribution in [-0.2, 0) is 9.59 Å². The van der Waals surface area contributed by atoms with Crippen LogP contribution in [0.4, 0.5) is 0 Å². The van der Waals surface area contributed by atoms with Crippen molar-refractivity contribution in [2.75, 3.05) is 0 Å². The van der Waals surface area contributed by atoms with Gasteiger partial charge in [-0.2, -0.15) is 0 Å². The molecule has 0 amide bonds. The van der Waals surface area contributed by atoms with Crippen molar-refractivity contribution in [2.24, 2.45) is 11.8 Å². The summed E-state index contributed by atoms with van der Waals surface area (Å²) in [5, 5.41) is 32.4. The minimum Gasteiger partial charge on any atom is -0.508 e. The minimum atomic E-state index is -2.16. The maximum Gasteiger partial charge on any atom is 0.176 e. The Morgan fingerprint density at radius 3 is 2.19 bits per heavy atom. The lowest BCUT2D eigenvalue weighted by atomic mass is 9.80. The van der Waals surface area contributed by atoms with E-state index in [0.717, 1.165) is 11.1 Å². The van der Waals surface area contributed by atoms with Gasteiger partial charge in [-0.1, -0.05) is 37.1 Å². The molecule has 0 saturated carbocycles. The Bertz CT molecular complexity index is 647. The number of Topliss-reactive ketones (excluding diaryl/α,β-unsaturated/α-hetero) is 2.